The highest BCUT2D eigenvalue weighted by molar-refractivity contribution is 5.92. The number of carbonyl (C=O) groups excluding carboxylic acids is 2. The lowest BCUT2D eigenvalue weighted by molar-refractivity contribution is -0.127. The number of nitrogens with zero attached hydrogens (tertiary/aromatic N) is 1. The number of para-hydroxylation sites is 1. The Hall–Kier alpha value is -2.66. The molecule has 0 spiro atoms. The van der Waals surface area contributed by atoms with Crippen molar-refractivity contribution in [2.75, 3.05) is 18.4 Å². The van der Waals surface area contributed by atoms with Crippen LogP contribution in [0.5, 0.6) is 0 Å². The number of hydrogen-bond acceptors (Lipinski definition) is 3. The van der Waals surface area contributed by atoms with Gasteiger partial charge in [-0.2, -0.15) is 0 Å². The fourth-order valence-electron chi connectivity index (χ4n) is 3.41. The summed E-state index contributed by atoms with van der Waals surface area (Å²) in [6.45, 7) is 1.29. The van der Waals surface area contributed by atoms with Gasteiger partial charge in [0.25, 0.3) is 0 Å². The maximum absolute atomic E-state index is 12.6. The van der Waals surface area contributed by atoms with Crippen LogP contribution in [-0.2, 0) is 9.59 Å². The summed E-state index contributed by atoms with van der Waals surface area (Å²) in [5, 5.41) is 2.96. The summed E-state index contributed by atoms with van der Waals surface area (Å²) < 4.78 is 0. The van der Waals surface area contributed by atoms with Gasteiger partial charge in [0, 0.05) is 12.2 Å². The van der Waals surface area contributed by atoms with Crippen LogP contribution in [0.25, 0.3) is 0 Å². The third kappa shape index (κ3) is 4.25. The summed E-state index contributed by atoms with van der Waals surface area (Å²) in [6.07, 6.45) is 1.68. The molecule has 2 aromatic rings. The van der Waals surface area contributed by atoms with Gasteiger partial charge in [0.1, 0.15) is 6.04 Å². The quantitative estimate of drug-likeness (QED) is 0.880. The zero-order chi connectivity index (χ0) is 17.6. The molecule has 0 aliphatic carbocycles. The first kappa shape index (κ1) is 17.2. The van der Waals surface area contributed by atoms with Crippen molar-refractivity contribution in [2.45, 2.75) is 18.9 Å². The number of piperidine rings is 1. The van der Waals surface area contributed by atoms with E-state index in [1.165, 1.54) is 0 Å². The number of nitrogens with two attached hydrogens (primary N) is 1. The normalized spacial score (nSPS) is 19.1. The van der Waals surface area contributed by atoms with E-state index in [1.807, 2.05) is 65.6 Å². The van der Waals surface area contributed by atoms with Gasteiger partial charge in [-0.05, 0) is 37.1 Å². The van der Waals surface area contributed by atoms with Gasteiger partial charge in [-0.3, -0.25) is 14.5 Å². The number of rotatable bonds is 5. The summed E-state index contributed by atoms with van der Waals surface area (Å²) in [4.78, 5) is 26.7. The highest BCUT2D eigenvalue weighted by atomic mass is 16.2. The molecule has 3 N–H and O–H groups in total. The molecule has 1 heterocycles. The summed E-state index contributed by atoms with van der Waals surface area (Å²) in [6, 6.07) is 18.5. The molecule has 0 radical (unpaired) electrons. The Kier molecular flexibility index (Phi) is 5.46. The molecule has 130 valence electrons. The Morgan fingerprint density at radius 1 is 1.04 bits per heavy atom. The van der Waals surface area contributed by atoms with E-state index in [-0.39, 0.29) is 17.7 Å². The van der Waals surface area contributed by atoms with E-state index in [0.29, 0.717) is 6.54 Å². The minimum atomic E-state index is -0.492. The Bertz CT molecular complexity index is 718. The van der Waals surface area contributed by atoms with Gasteiger partial charge in [-0.25, -0.2) is 0 Å². The number of anilines is 1. The van der Waals surface area contributed by atoms with Crippen molar-refractivity contribution >= 4 is 17.5 Å². The summed E-state index contributed by atoms with van der Waals surface area (Å²) in [5.41, 5.74) is 7.33. The standard InChI is InChI=1S/C20H23N3O2/c21-19(24)18(15-8-3-1-4-9-15)23-13-7-10-16(14-23)20(25)22-17-11-5-2-6-12-17/h1-6,8-9,11-12,16,18H,7,10,13-14H2,(H2,21,24)(H,22,25)/t16-,18-/m1/s1. The molecule has 0 bridgehead atoms. The monoisotopic (exact) mass is 337 g/mol. The van der Waals surface area contributed by atoms with Gasteiger partial charge in [-0.15, -0.1) is 0 Å². The second kappa shape index (κ2) is 7.94. The fraction of sp³-hybridized carbons (Fsp3) is 0.300. The van der Waals surface area contributed by atoms with Crippen molar-refractivity contribution in [3.8, 4) is 0 Å². The third-order valence-electron chi connectivity index (χ3n) is 4.61. The van der Waals surface area contributed by atoms with Crippen LogP contribution in [0.2, 0.25) is 0 Å². The molecule has 1 saturated heterocycles. The maximum atomic E-state index is 12.6. The molecule has 2 aromatic carbocycles. The molecule has 5 heteroatoms. The number of hydrogen-bond donors (Lipinski definition) is 2. The topological polar surface area (TPSA) is 75.4 Å². The van der Waals surface area contributed by atoms with Gasteiger partial charge in [-0.1, -0.05) is 48.5 Å². The second-order valence-electron chi connectivity index (χ2n) is 6.40. The second-order valence-corrected chi connectivity index (χ2v) is 6.40. The molecule has 0 unspecified atom stereocenters. The number of likely N-dealkylation sites (tertiary alicyclic amines) is 1. The van der Waals surface area contributed by atoms with Crippen LogP contribution in [0.1, 0.15) is 24.4 Å². The molecule has 2 amide bonds. The molecule has 1 aliphatic rings. The predicted octanol–water partition coefficient (Wildman–Crippen LogP) is 2.56. The number of primary amides is 1. The molecule has 1 aliphatic heterocycles. The molecule has 0 aromatic heterocycles. The van der Waals surface area contributed by atoms with E-state index in [2.05, 4.69) is 5.32 Å². The smallest absolute Gasteiger partial charge is 0.239 e. The van der Waals surface area contributed by atoms with Crippen LogP contribution in [0.3, 0.4) is 0 Å². The Morgan fingerprint density at radius 2 is 1.68 bits per heavy atom. The van der Waals surface area contributed by atoms with E-state index < -0.39 is 6.04 Å². The number of amides is 2. The van der Waals surface area contributed by atoms with E-state index >= 15 is 0 Å². The SMILES string of the molecule is NC(=O)[C@@H](c1ccccc1)N1CCC[C@@H](C(=O)Nc2ccccc2)C1. The third-order valence-corrected chi connectivity index (χ3v) is 4.61. The minimum Gasteiger partial charge on any atom is -0.368 e. The fourth-order valence-corrected chi connectivity index (χ4v) is 3.41. The molecule has 1 fully saturated rings. The lowest BCUT2D eigenvalue weighted by atomic mass is 9.93. The van der Waals surface area contributed by atoms with Crippen LogP contribution >= 0.6 is 0 Å². The van der Waals surface area contributed by atoms with Gasteiger partial charge in [0.05, 0.1) is 5.92 Å². The largest absolute Gasteiger partial charge is 0.368 e. The van der Waals surface area contributed by atoms with E-state index in [0.717, 1.165) is 30.6 Å². The summed E-state index contributed by atoms with van der Waals surface area (Å²) >= 11 is 0. The highest BCUT2D eigenvalue weighted by Gasteiger charge is 2.33. The van der Waals surface area contributed by atoms with Crippen molar-refractivity contribution in [2.24, 2.45) is 11.7 Å². The molecular formula is C20H23N3O2. The summed E-state index contributed by atoms with van der Waals surface area (Å²) in [7, 11) is 0. The lowest BCUT2D eigenvalue weighted by Gasteiger charge is -2.36. The highest BCUT2D eigenvalue weighted by Crippen LogP contribution is 2.27. The van der Waals surface area contributed by atoms with Gasteiger partial charge >= 0.3 is 0 Å². The van der Waals surface area contributed by atoms with Crippen LogP contribution in [-0.4, -0.2) is 29.8 Å². The molecule has 25 heavy (non-hydrogen) atoms. The van der Waals surface area contributed by atoms with E-state index in [1.54, 1.807) is 0 Å². The van der Waals surface area contributed by atoms with Crippen molar-refractivity contribution in [3.63, 3.8) is 0 Å². The Balaban J connectivity index is 1.71. The maximum Gasteiger partial charge on any atom is 0.239 e. The van der Waals surface area contributed by atoms with Crippen molar-refractivity contribution < 1.29 is 9.59 Å². The average Bonchev–Trinajstić information content (AvgIpc) is 2.63. The van der Waals surface area contributed by atoms with Crippen molar-refractivity contribution in [3.05, 3.63) is 66.2 Å². The first-order valence-corrected chi connectivity index (χ1v) is 8.59. The van der Waals surface area contributed by atoms with Crippen LogP contribution < -0.4 is 11.1 Å². The first-order chi connectivity index (χ1) is 12.1. The summed E-state index contributed by atoms with van der Waals surface area (Å²) in [5.74, 6) is -0.540. The number of carbonyl (C=O) groups is 2. The van der Waals surface area contributed by atoms with Crippen LogP contribution in [0, 0.1) is 5.92 Å². The van der Waals surface area contributed by atoms with Crippen LogP contribution in [0.15, 0.2) is 60.7 Å². The molecule has 0 saturated carbocycles. The van der Waals surface area contributed by atoms with Gasteiger partial charge in [0.15, 0.2) is 0 Å². The van der Waals surface area contributed by atoms with Gasteiger partial charge < -0.3 is 11.1 Å². The predicted molar refractivity (Wildman–Crippen MR) is 97.7 cm³/mol. The number of benzene rings is 2. The zero-order valence-electron chi connectivity index (χ0n) is 14.1. The molecule has 5 nitrogen and oxygen atoms in total. The lowest BCUT2D eigenvalue weighted by Crippen LogP contribution is -2.46. The Labute approximate surface area is 147 Å². The van der Waals surface area contributed by atoms with Crippen molar-refractivity contribution in [1.29, 1.82) is 0 Å². The van der Waals surface area contributed by atoms with Gasteiger partial charge in [0.2, 0.25) is 11.8 Å². The molecule has 2 atom stereocenters. The average molecular weight is 337 g/mol. The zero-order valence-corrected chi connectivity index (χ0v) is 14.1. The Morgan fingerprint density at radius 3 is 2.32 bits per heavy atom. The van der Waals surface area contributed by atoms with Crippen LogP contribution in [0.4, 0.5) is 5.69 Å². The molecular weight excluding hydrogens is 314 g/mol. The van der Waals surface area contributed by atoms with E-state index in [9.17, 15) is 9.59 Å². The van der Waals surface area contributed by atoms with E-state index in [4.69, 9.17) is 5.73 Å². The van der Waals surface area contributed by atoms with Crippen molar-refractivity contribution in [1.82, 2.24) is 4.90 Å². The first-order valence-electron chi connectivity index (χ1n) is 8.59. The minimum absolute atomic E-state index is 0.00724. The number of nitrogens with one attached hydrogen (secondary N) is 1. The molecule has 3 rings (SSSR count).